The zero-order valence-corrected chi connectivity index (χ0v) is 11.8. The lowest BCUT2D eigenvalue weighted by Crippen LogP contribution is -1.88. The molecule has 0 saturated carbocycles. The Hall–Kier alpha value is -2.26. The molecule has 0 aliphatic rings. The third-order valence-corrected chi connectivity index (χ3v) is 4.55. The van der Waals surface area contributed by atoms with E-state index in [-0.39, 0.29) is 0 Å². The molecule has 0 bridgehead atoms. The molecule has 96 valence electrons. The third-order valence-electron chi connectivity index (χ3n) is 3.41. The van der Waals surface area contributed by atoms with Gasteiger partial charge < -0.3 is 0 Å². The first-order valence-electron chi connectivity index (χ1n) is 6.52. The Labute approximate surface area is 120 Å². The Morgan fingerprint density at radius 2 is 1.75 bits per heavy atom. The maximum Gasteiger partial charge on any atom is 0.0900 e. The maximum absolute atomic E-state index is 4.58. The quantitative estimate of drug-likeness (QED) is 0.498. The SMILES string of the molecule is Cc1cccc(-c2cc3sc4ccccc4c3cn2)n1. The molecule has 0 aliphatic carbocycles. The highest BCUT2D eigenvalue weighted by atomic mass is 32.1. The van der Waals surface area contributed by atoms with E-state index in [1.807, 2.05) is 31.3 Å². The molecule has 4 rings (SSSR count). The van der Waals surface area contributed by atoms with E-state index in [4.69, 9.17) is 0 Å². The minimum atomic E-state index is 0.935. The number of benzene rings is 1. The summed E-state index contributed by atoms with van der Waals surface area (Å²) in [7, 11) is 0. The molecule has 0 saturated heterocycles. The molecule has 0 atom stereocenters. The second-order valence-electron chi connectivity index (χ2n) is 4.83. The summed E-state index contributed by atoms with van der Waals surface area (Å²) in [5.74, 6) is 0. The lowest BCUT2D eigenvalue weighted by Gasteiger charge is -2.01. The van der Waals surface area contributed by atoms with Gasteiger partial charge in [0.05, 0.1) is 11.4 Å². The second-order valence-corrected chi connectivity index (χ2v) is 5.91. The molecule has 0 amide bonds. The molecule has 0 spiro atoms. The van der Waals surface area contributed by atoms with Gasteiger partial charge in [0.25, 0.3) is 0 Å². The van der Waals surface area contributed by atoms with Crippen LogP contribution in [0.15, 0.2) is 54.7 Å². The molecule has 2 nitrogen and oxygen atoms in total. The van der Waals surface area contributed by atoms with Crippen LogP contribution in [0.4, 0.5) is 0 Å². The fraction of sp³-hybridized carbons (Fsp3) is 0.0588. The largest absolute Gasteiger partial charge is 0.254 e. The number of rotatable bonds is 1. The summed E-state index contributed by atoms with van der Waals surface area (Å²) < 4.78 is 2.57. The van der Waals surface area contributed by atoms with Crippen molar-refractivity contribution >= 4 is 31.5 Å². The van der Waals surface area contributed by atoms with Crippen molar-refractivity contribution in [1.29, 1.82) is 0 Å². The smallest absolute Gasteiger partial charge is 0.0900 e. The summed E-state index contributed by atoms with van der Waals surface area (Å²) in [5, 5.41) is 2.51. The first kappa shape index (κ1) is 11.6. The van der Waals surface area contributed by atoms with E-state index in [2.05, 4.69) is 40.3 Å². The number of fused-ring (bicyclic) bond motifs is 3. The highest BCUT2D eigenvalue weighted by Gasteiger charge is 2.08. The van der Waals surface area contributed by atoms with Gasteiger partial charge in [-0.2, -0.15) is 0 Å². The summed E-state index contributed by atoms with van der Waals surface area (Å²) >= 11 is 1.81. The first-order chi connectivity index (χ1) is 9.81. The minimum Gasteiger partial charge on any atom is -0.254 e. The van der Waals surface area contributed by atoms with E-state index in [9.17, 15) is 0 Å². The van der Waals surface area contributed by atoms with Crippen molar-refractivity contribution in [1.82, 2.24) is 9.97 Å². The number of aromatic nitrogens is 2. The fourth-order valence-electron chi connectivity index (χ4n) is 2.45. The van der Waals surface area contributed by atoms with E-state index in [0.29, 0.717) is 0 Å². The molecular formula is C17H12N2S. The Morgan fingerprint density at radius 3 is 2.65 bits per heavy atom. The van der Waals surface area contributed by atoms with Crippen LogP contribution in [0.1, 0.15) is 5.69 Å². The molecule has 3 heteroatoms. The van der Waals surface area contributed by atoms with Crippen molar-refractivity contribution < 1.29 is 0 Å². The third kappa shape index (κ3) is 1.79. The molecule has 0 radical (unpaired) electrons. The molecule has 3 aromatic heterocycles. The molecule has 3 heterocycles. The summed E-state index contributed by atoms with van der Waals surface area (Å²) in [5.41, 5.74) is 2.89. The second kappa shape index (κ2) is 4.39. The average molecular weight is 276 g/mol. The Balaban J connectivity index is 1.97. The summed E-state index contributed by atoms with van der Waals surface area (Å²) in [6, 6.07) is 16.6. The lowest BCUT2D eigenvalue weighted by molar-refractivity contribution is 1.18. The fourth-order valence-corrected chi connectivity index (χ4v) is 3.56. The number of aryl methyl sites for hydroxylation is 1. The summed E-state index contributed by atoms with van der Waals surface area (Å²) in [4.78, 5) is 9.13. The molecule has 1 aromatic carbocycles. The van der Waals surface area contributed by atoms with Crippen molar-refractivity contribution in [3.63, 3.8) is 0 Å². The van der Waals surface area contributed by atoms with Crippen LogP contribution >= 0.6 is 11.3 Å². The highest BCUT2D eigenvalue weighted by Crippen LogP contribution is 2.34. The Kier molecular flexibility index (Phi) is 2.54. The van der Waals surface area contributed by atoms with Crippen LogP contribution in [0.2, 0.25) is 0 Å². The number of hydrogen-bond donors (Lipinski definition) is 0. The predicted octanol–water partition coefficient (Wildman–Crippen LogP) is 4.82. The monoisotopic (exact) mass is 276 g/mol. The van der Waals surface area contributed by atoms with Gasteiger partial charge in [-0.15, -0.1) is 11.3 Å². The number of thiophene rings is 1. The maximum atomic E-state index is 4.58. The number of nitrogens with zero attached hydrogens (tertiary/aromatic N) is 2. The van der Waals surface area contributed by atoms with E-state index in [1.165, 1.54) is 20.2 Å². The van der Waals surface area contributed by atoms with Gasteiger partial charge >= 0.3 is 0 Å². The minimum absolute atomic E-state index is 0.935. The van der Waals surface area contributed by atoms with Gasteiger partial charge in [-0.3, -0.25) is 9.97 Å². The van der Waals surface area contributed by atoms with Crippen molar-refractivity contribution in [2.75, 3.05) is 0 Å². The normalized spacial score (nSPS) is 11.2. The Morgan fingerprint density at radius 1 is 0.850 bits per heavy atom. The Bertz CT molecular complexity index is 924. The highest BCUT2D eigenvalue weighted by molar-refractivity contribution is 7.25. The standard InChI is InChI=1S/C17H12N2S/c1-11-5-4-7-14(19-11)15-9-17-13(10-18-15)12-6-2-3-8-16(12)20-17/h2-10H,1H3. The van der Waals surface area contributed by atoms with Crippen LogP contribution in [0.5, 0.6) is 0 Å². The van der Waals surface area contributed by atoms with Crippen molar-refractivity contribution in [2.45, 2.75) is 6.92 Å². The zero-order valence-electron chi connectivity index (χ0n) is 11.0. The number of hydrogen-bond acceptors (Lipinski definition) is 3. The van der Waals surface area contributed by atoms with Gasteiger partial charge in [-0.25, -0.2) is 0 Å². The lowest BCUT2D eigenvalue weighted by atomic mass is 10.1. The summed E-state index contributed by atoms with van der Waals surface area (Å²) in [6.07, 6.45) is 1.97. The van der Waals surface area contributed by atoms with Gasteiger partial charge in [0, 0.05) is 32.1 Å². The van der Waals surface area contributed by atoms with E-state index >= 15 is 0 Å². The summed E-state index contributed by atoms with van der Waals surface area (Å²) in [6.45, 7) is 2.00. The van der Waals surface area contributed by atoms with Gasteiger partial charge in [0.2, 0.25) is 0 Å². The average Bonchev–Trinajstić information content (AvgIpc) is 2.85. The van der Waals surface area contributed by atoms with Gasteiger partial charge in [0.1, 0.15) is 0 Å². The molecule has 0 N–H and O–H groups in total. The van der Waals surface area contributed by atoms with E-state index in [1.54, 1.807) is 11.3 Å². The van der Waals surface area contributed by atoms with Crippen LogP contribution in [0.25, 0.3) is 31.6 Å². The molecule has 0 aliphatic heterocycles. The molecule has 4 aromatic rings. The van der Waals surface area contributed by atoms with Crippen LogP contribution in [0, 0.1) is 6.92 Å². The zero-order chi connectivity index (χ0) is 13.5. The van der Waals surface area contributed by atoms with Gasteiger partial charge in [-0.1, -0.05) is 24.3 Å². The van der Waals surface area contributed by atoms with Crippen LogP contribution in [-0.4, -0.2) is 9.97 Å². The van der Waals surface area contributed by atoms with E-state index < -0.39 is 0 Å². The topological polar surface area (TPSA) is 25.8 Å². The van der Waals surface area contributed by atoms with Gasteiger partial charge in [-0.05, 0) is 31.2 Å². The predicted molar refractivity (Wildman–Crippen MR) is 85.1 cm³/mol. The molecular weight excluding hydrogens is 264 g/mol. The van der Waals surface area contributed by atoms with Crippen molar-refractivity contribution in [3.8, 4) is 11.4 Å². The van der Waals surface area contributed by atoms with Crippen LogP contribution in [-0.2, 0) is 0 Å². The van der Waals surface area contributed by atoms with E-state index in [0.717, 1.165) is 17.1 Å². The molecule has 20 heavy (non-hydrogen) atoms. The van der Waals surface area contributed by atoms with Crippen molar-refractivity contribution in [2.24, 2.45) is 0 Å². The van der Waals surface area contributed by atoms with Crippen molar-refractivity contribution in [3.05, 3.63) is 60.4 Å². The van der Waals surface area contributed by atoms with Crippen LogP contribution < -0.4 is 0 Å². The van der Waals surface area contributed by atoms with Gasteiger partial charge in [0.15, 0.2) is 0 Å². The number of pyridine rings is 2. The molecule has 0 fully saturated rings. The van der Waals surface area contributed by atoms with Crippen LogP contribution in [0.3, 0.4) is 0 Å². The molecule has 0 unspecified atom stereocenters. The first-order valence-corrected chi connectivity index (χ1v) is 7.34.